The van der Waals surface area contributed by atoms with Gasteiger partial charge in [0.1, 0.15) is 11.6 Å². The first-order valence-corrected chi connectivity index (χ1v) is 6.13. The molecule has 0 radical (unpaired) electrons. The number of hydrogen-bond acceptors (Lipinski definition) is 2. The predicted octanol–water partition coefficient (Wildman–Crippen LogP) is 3.91. The fraction of sp³-hybridized carbons (Fsp3) is 0.0714. The van der Waals surface area contributed by atoms with Crippen LogP contribution in [0.2, 0.25) is 5.02 Å². The van der Waals surface area contributed by atoms with Gasteiger partial charge in [0, 0.05) is 5.56 Å². The second kappa shape index (κ2) is 4.24. The molecule has 96 valence electrons. The summed E-state index contributed by atoms with van der Waals surface area (Å²) in [4.78, 5) is 7.49. The van der Waals surface area contributed by atoms with Gasteiger partial charge in [-0.15, -0.1) is 0 Å². The minimum Gasteiger partial charge on any atom is -0.396 e. The van der Waals surface area contributed by atoms with Crippen LogP contribution >= 0.6 is 11.6 Å². The first-order chi connectivity index (χ1) is 9.04. The van der Waals surface area contributed by atoms with E-state index in [0.717, 1.165) is 22.4 Å². The summed E-state index contributed by atoms with van der Waals surface area (Å²) in [6.07, 6.45) is 0. The van der Waals surface area contributed by atoms with E-state index in [1.165, 1.54) is 12.1 Å². The van der Waals surface area contributed by atoms with Gasteiger partial charge in [0.25, 0.3) is 0 Å². The summed E-state index contributed by atoms with van der Waals surface area (Å²) in [6, 6.07) is 8.41. The summed E-state index contributed by atoms with van der Waals surface area (Å²) in [5, 5.41) is 0.422. The molecule has 0 bridgehead atoms. The average molecular weight is 276 g/mol. The van der Waals surface area contributed by atoms with Crippen molar-refractivity contribution in [2.24, 2.45) is 0 Å². The van der Waals surface area contributed by atoms with E-state index in [2.05, 4.69) is 9.97 Å². The zero-order valence-electron chi connectivity index (χ0n) is 10.2. The Balaban J connectivity index is 2.21. The first kappa shape index (κ1) is 12.0. The van der Waals surface area contributed by atoms with Crippen LogP contribution in [0, 0.1) is 12.7 Å². The molecule has 0 aliphatic carbocycles. The largest absolute Gasteiger partial charge is 0.396 e. The van der Waals surface area contributed by atoms with Crippen LogP contribution in [0.3, 0.4) is 0 Å². The number of anilines is 1. The van der Waals surface area contributed by atoms with Crippen LogP contribution in [0.25, 0.3) is 22.2 Å². The Labute approximate surface area is 114 Å². The zero-order valence-corrected chi connectivity index (χ0v) is 10.9. The molecule has 1 heterocycles. The molecule has 0 aliphatic rings. The van der Waals surface area contributed by atoms with Crippen LogP contribution in [-0.4, -0.2) is 9.97 Å². The predicted molar refractivity (Wildman–Crippen MR) is 75.6 cm³/mol. The van der Waals surface area contributed by atoms with Gasteiger partial charge in [0.15, 0.2) is 0 Å². The molecule has 5 heteroatoms. The van der Waals surface area contributed by atoms with E-state index in [0.29, 0.717) is 10.6 Å². The third-order valence-corrected chi connectivity index (χ3v) is 3.31. The van der Waals surface area contributed by atoms with Crippen molar-refractivity contribution < 1.29 is 4.39 Å². The third-order valence-electron chi connectivity index (χ3n) is 3.00. The maximum Gasteiger partial charge on any atom is 0.146 e. The van der Waals surface area contributed by atoms with Crippen molar-refractivity contribution in [2.75, 3.05) is 5.73 Å². The van der Waals surface area contributed by atoms with E-state index in [1.807, 2.05) is 25.1 Å². The molecule has 0 unspecified atom stereocenters. The molecule has 3 N–H and O–H groups in total. The number of nitrogen functional groups attached to an aromatic ring is 1. The molecule has 0 atom stereocenters. The highest BCUT2D eigenvalue weighted by Crippen LogP contribution is 2.32. The molecule has 19 heavy (non-hydrogen) atoms. The van der Waals surface area contributed by atoms with Crippen molar-refractivity contribution in [3.8, 4) is 11.1 Å². The number of aryl methyl sites for hydroxylation is 1. The number of nitrogens with zero attached hydrogens (tertiary/aromatic N) is 1. The standard InChI is InChI=1S/C14H11ClFN3/c1-7-18-13-3-2-8(4-14(13)19-7)9-5-11(16)12(17)6-10(9)15/h2-6H,17H2,1H3,(H,18,19). The van der Waals surface area contributed by atoms with E-state index < -0.39 is 5.82 Å². The molecule has 0 fully saturated rings. The van der Waals surface area contributed by atoms with Crippen LogP contribution in [-0.2, 0) is 0 Å². The van der Waals surface area contributed by atoms with Gasteiger partial charge in [0.05, 0.1) is 21.7 Å². The molecule has 3 nitrogen and oxygen atoms in total. The Bertz CT molecular complexity index is 780. The van der Waals surface area contributed by atoms with Gasteiger partial charge >= 0.3 is 0 Å². The van der Waals surface area contributed by atoms with Crippen LogP contribution in [0.1, 0.15) is 5.82 Å². The van der Waals surface area contributed by atoms with Crippen molar-refractivity contribution in [3.05, 3.63) is 47.0 Å². The highest BCUT2D eigenvalue weighted by atomic mass is 35.5. The minimum absolute atomic E-state index is 0.0467. The summed E-state index contributed by atoms with van der Waals surface area (Å²) in [7, 11) is 0. The molecule has 0 saturated carbocycles. The molecule has 0 spiro atoms. The number of benzene rings is 2. The van der Waals surface area contributed by atoms with E-state index in [9.17, 15) is 4.39 Å². The minimum atomic E-state index is -0.474. The van der Waals surface area contributed by atoms with Gasteiger partial charge in [-0.3, -0.25) is 0 Å². The summed E-state index contributed by atoms with van der Waals surface area (Å²) in [6.45, 7) is 1.88. The van der Waals surface area contributed by atoms with Crippen molar-refractivity contribution in [1.29, 1.82) is 0 Å². The van der Waals surface area contributed by atoms with Crippen LogP contribution in [0.5, 0.6) is 0 Å². The fourth-order valence-electron chi connectivity index (χ4n) is 2.08. The Morgan fingerprint density at radius 3 is 2.84 bits per heavy atom. The van der Waals surface area contributed by atoms with Gasteiger partial charge < -0.3 is 10.7 Å². The SMILES string of the molecule is Cc1nc2cc(-c3cc(F)c(N)cc3Cl)ccc2[nH]1. The Kier molecular flexibility index (Phi) is 2.68. The lowest BCUT2D eigenvalue weighted by atomic mass is 10.0. The quantitative estimate of drug-likeness (QED) is 0.662. The molecule has 0 saturated heterocycles. The Morgan fingerprint density at radius 1 is 1.26 bits per heavy atom. The molecular weight excluding hydrogens is 265 g/mol. The lowest BCUT2D eigenvalue weighted by Crippen LogP contribution is -1.92. The van der Waals surface area contributed by atoms with Gasteiger partial charge in [0.2, 0.25) is 0 Å². The van der Waals surface area contributed by atoms with E-state index >= 15 is 0 Å². The van der Waals surface area contributed by atoms with Crippen molar-refractivity contribution in [3.63, 3.8) is 0 Å². The molecule has 0 aliphatic heterocycles. The number of fused-ring (bicyclic) bond motifs is 1. The number of imidazole rings is 1. The van der Waals surface area contributed by atoms with Crippen LogP contribution in [0.15, 0.2) is 30.3 Å². The molecule has 1 aromatic heterocycles. The van der Waals surface area contributed by atoms with Crippen LogP contribution < -0.4 is 5.73 Å². The highest BCUT2D eigenvalue weighted by Gasteiger charge is 2.10. The molecule has 2 aromatic carbocycles. The van der Waals surface area contributed by atoms with Crippen molar-refractivity contribution in [2.45, 2.75) is 6.92 Å². The fourth-order valence-corrected chi connectivity index (χ4v) is 2.37. The number of H-pyrrole nitrogens is 1. The summed E-state index contributed by atoms with van der Waals surface area (Å²) < 4.78 is 13.6. The molecular formula is C14H11ClFN3. The zero-order chi connectivity index (χ0) is 13.6. The highest BCUT2D eigenvalue weighted by molar-refractivity contribution is 6.33. The van der Waals surface area contributed by atoms with Crippen molar-refractivity contribution >= 4 is 28.3 Å². The number of rotatable bonds is 1. The van der Waals surface area contributed by atoms with Gasteiger partial charge in [-0.1, -0.05) is 17.7 Å². The summed E-state index contributed by atoms with van der Waals surface area (Å²) in [5.41, 5.74) is 8.71. The number of nitrogens with two attached hydrogens (primary N) is 1. The summed E-state index contributed by atoms with van der Waals surface area (Å²) >= 11 is 6.12. The first-order valence-electron chi connectivity index (χ1n) is 5.76. The number of aromatic nitrogens is 2. The number of hydrogen-bond donors (Lipinski definition) is 2. The maximum absolute atomic E-state index is 13.6. The lowest BCUT2D eigenvalue weighted by molar-refractivity contribution is 0.633. The van der Waals surface area contributed by atoms with Gasteiger partial charge in [-0.2, -0.15) is 0 Å². The smallest absolute Gasteiger partial charge is 0.146 e. The number of aromatic amines is 1. The number of nitrogens with one attached hydrogen (secondary N) is 1. The third kappa shape index (κ3) is 2.04. The van der Waals surface area contributed by atoms with Gasteiger partial charge in [-0.25, -0.2) is 9.37 Å². The molecule has 0 amide bonds. The topological polar surface area (TPSA) is 54.7 Å². The van der Waals surface area contributed by atoms with Crippen LogP contribution in [0.4, 0.5) is 10.1 Å². The van der Waals surface area contributed by atoms with E-state index in [1.54, 1.807) is 0 Å². The summed E-state index contributed by atoms with van der Waals surface area (Å²) in [5.74, 6) is 0.361. The monoisotopic (exact) mass is 275 g/mol. The second-order valence-electron chi connectivity index (χ2n) is 4.41. The Hall–Kier alpha value is -2.07. The molecule has 3 aromatic rings. The lowest BCUT2D eigenvalue weighted by Gasteiger charge is -2.06. The van der Waals surface area contributed by atoms with Gasteiger partial charge in [-0.05, 0) is 36.8 Å². The van der Waals surface area contributed by atoms with Crippen molar-refractivity contribution in [1.82, 2.24) is 9.97 Å². The van der Waals surface area contributed by atoms with E-state index in [4.69, 9.17) is 17.3 Å². The number of halogens is 2. The Morgan fingerprint density at radius 2 is 2.05 bits per heavy atom. The second-order valence-corrected chi connectivity index (χ2v) is 4.81. The molecule has 3 rings (SSSR count). The maximum atomic E-state index is 13.6. The average Bonchev–Trinajstić information content (AvgIpc) is 2.72. The normalized spacial score (nSPS) is 11.1. The van der Waals surface area contributed by atoms with E-state index in [-0.39, 0.29) is 5.69 Å².